The Morgan fingerprint density at radius 3 is 2.60 bits per heavy atom. The first-order valence-corrected chi connectivity index (χ1v) is 6.80. The largest absolute Gasteiger partial charge is 0.494 e. The zero-order valence-electron chi connectivity index (χ0n) is 11.2. The molecule has 0 aliphatic heterocycles. The average molecular weight is 287 g/mol. The highest BCUT2D eigenvalue weighted by atomic mass is 35.5. The number of hydrogen-bond acceptors (Lipinski definition) is 3. The van der Waals surface area contributed by atoms with Gasteiger partial charge in [-0.05, 0) is 48.9 Å². The highest BCUT2D eigenvalue weighted by Crippen LogP contribution is 2.25. The number of anilines is 2. The fourth-order valence-corrected chi connectivity index (χ4v) is 1.90. The number of halogens is 1. The summed E-state index contributed by atoms with van der Waals surface area (Å²) in [6.07, 6.45) is 0.982. The number of nitrogens with zero attached hydrogens (tertiary/aromatic N) is 1. The molecule has 2 rings (SSSR count). The lowest BCUT2D eigenvalue weighted by molar-refractivity contribution is 0.317. The Morgan fingerprint density at radius 1 is 1.20 bits per heavy atom. The molecule has 0 fully saturated rings. The minimum absolute atomic E-state index is 0.517. The molecular formula is C16H15ClN2O. The van der Waals surface area contributed by atoms with Crippen LogP contribution in [-0.2, 0) is 0 Å². The first-order chi connectivity index (χ1) is 9.72. The molecule has 2 aromatic rings. The molecule has 102 valence electrons. The summed E-state index contributed by atoms with van der Waals surface area (Å²) < 4.78 is 5.52. The first kappa shape index (κ1) is 14.2. The van der Waals surface area contributed by atoms with Crippen molar-refractivity contribution in [2.75, 3.05) is 11.9 Å². The van der Waals surface area contributed by atoms with Crippen molar-refractivity contribution in [2.45, 2.75) is 13.3 Å². The van der Waals surface area contributed by atoms with Gasteiger partial charge in [-0.3, -0.25) is 0 Å². The number of benzene rings is 2. The molecule has 0 unspecified atom stereocenters. The lowest BCUT2D eigenvalue weighted by Crippen LogP contribution is -1.96. The van der Waals surface area contributed by atoms with Crippen molar-refractivity contribution in [2.24, 2.45) is 0 Å². The van der Waals surface area contributed by atoms with E-state index in [1.807, 2.05) is 24.3 Å². The van der Waals surface area contributed by atoms with Crippen LogP contribution >= 0.6 is 11.6 Å². The van der Waals surface area contributed by atoms with E-state index >= 15 is 0 Å². The van der Waals surface area contributed by atoms with Crippen molar-refractivity contribution in [3.05, 3.63) is 53.1 Å². The summed E-state index contributed by atoms with van der Waals surface area (Å²) in [6, 6.07) is 15.0. The minimum Gasteiger partial charge on any atom is -0.494 e. The van der Waals surface area contributed by atoms with E-state index < -0.39 is 0 Å². The summed E-state index contributed by atoms with van der Waals surface area (Å²) >= 11 is 5.87. The summed E-state index contributed by atoms with van der Waals surface area (Å²) in [7, 11) is 0. The summed E-state index contributed by atoms with van der Waals surface area (Å²) in [5.74, 6) is 0.842. The number of ether oxygens (including phenoxy) is 1. The predicted molar refractivity (Wildman–Crippen MR) is 81.7 cm³/mol. The maximum atomic E-state index is 9.09. The van der Waals surface area contributed by atoms with Crippen LogP contribution in [0.4, 0.5) is 11.4 Å². The molecule has 3 nitrogen and oxygen atoms in total. The van der Waals surface area contributed by atoms with Gasteiger partial charge in [0.25, 0.3) is 0 Å². The molecule has 0 aliphatic rings. The second kappa shape index (κ2) is 6.83. The topological polar surface area (TPSA) is 45.0 Å². The fraction of sp³-hybridized carbons (Fsp3) is 0.188. The van der Waals surface area contributed by atoms with Crippen LogP contribution in [0.3, 0.4) is 0 Å². The zero-order valence-corrected chi connectivity index (χ0v) is 11.9. The van der Waals surface area contributed by atoms with Crippen LogP contribution in [0.2, 0.25) is 5.02 Å². The standard InChI is InChI=1S/C16H15ClN2O/c1-2-9-20-15-6-4-14(5-7-15)19-16-8-3-13(17)10-12(16)11-18/h3-8,10,19H,2,9H2,1H3. The molecule has 0 radical (unpaired) electrons. The smallest absolute Gasteiger partial charge is 0.119 e. The third-order valence-electron chi connectivity index (χ3n) is 2.71. The Kier molecular flexibility index (Phi) is 4.86. The maximum absolute atomic E-state index is 9.09. The molecule has 0 aromatic heterocycles. The van der Waals surface area contributed by atoms with Gasteiger partial charge >= 0.3 is 0 Å². The molecule has 20 heavy (non-hydrogen) atoms. The van der Waals surface area contributed by atoms with Crippen molar-refractivity contribution in [1.29, 1.82) is 5.26 Å². The van der Waals surface area contributed by atoms with E-state index in [9.17, 15) is 0 Å². The van der Waals surface area contributed by atoms with Crippen LogP contribution in [0.15, 0.2) is 42.5 Å². The van der Waals surface area contributed by atoms with Gasteiger partial charge in [0.15, 0.2) is 0 Å². The van der Waals surface area contributed by atoms with Gasteiger partial charge in [-0.2, -0.15) is 5.26 Å². The highest BCUT2D eigenvalue weighted by Gasteiger charge is 2.03. The fourth-order valence-electron chi connectivity index (χ4n) is 1.73. The molecular weight excluding hydrogens is 272 g/mol. The van der Waals surface area contributed by atoms with Crippen LogP contribution in [0.5, 0.6) is 5.75 Å². The van der Waals surface area contributed by atoms with E-state index in [2.05, 4.69) is 18.3 Å². The molecule has 0 atom stereocenters. The minimum atomic E-state index is 0.517. The van der Waals surface area contributed by atoms with Gasteiger partial charge in [-0.15, -0.1) is 0 Å². The SMILES string of the molecule is CCCOc1ccc(Nc2ccc(Cl)cc2C#N)cc1. The van der Waals surface area contributed by atoms with E-state index in [-0.39, 0.29) is 0 Å². The van der Waals surface area contributed by atoms with Crippen LogP contribution in [0.1, 0.15) is 18.9 Å². The summed E-state index contributed by atoms with van der Waals surface area (Å²) in [5, 5.41) is 12.8. The Bertz CT molecular complexity index is 617. The number of hydrogen-bond donors (Lipinski definition) is 1. The second-order valence-corrected chi connectivity index (χ2v) is 4.74. The number of nitrogens with one attached hydrogen (secondary N) is 1. The molecule has 0 saturated heterocycles. The lowest BCUT2D eigenvalue weighted by atomic mass is 10.2. The van der Waals surface area contributed by atoms with E-state index in [4.69, 9.17) is 21.6 Å². The zero-order chi connectivity index (χ0) is 14.4. The summed E-state index contributed by atoms with van der Waals surface area (Å²) in [6.45, 7) is 2.78. The van der Waals surface area contributed by atoms with Gasteiger partial charge in [0.05, 0.1) is 17.9 Å². The monoisotopic (exact) mass is 286 g/mol. The van der Waals surface area contributed by atoms with Crippen molar-refractivity contribution in [1.82, 2.24) is 0 Å². The quantitative estimate of drug-likeness (QED) is 0.863. The third kappa shape index (κ3) is 3.66. The molecule has 0 heterocycles. The van der Waals surface area contributed by atoms with Crippen molar-refractivity contribution in [3.8, 4) is 11.8 Å². The Morgan fingerprint density at radius 2 is 1.95 bits per heavy atom. The average Bonchev–Trinajstić information content (AvgIpc) is 2.48. The Labute approximate surface area is 123 Å². The predicted octanol–water partition coefficient (Wildman–Crippen LogP) is 4.74. The van der Waals surface area contributed by atoms with Gasteiger partial charge in [-0.25, -0.2) is 0 Å². The first-order valence-electron chi connectivity index (χ1n) is 6.42. The molecule has 2 aromatic carbocycles. The highest BCUT2D eigenvalue weighted by molar-refractivity contribution is 6.30. The number of nitriles is 1. The molecule has 0 saturated carbocycles. The number of rotatable bonds is 5. The van der Waals surface area contributed by atoms with Gasteiger partial charge < -0.3 is 10.1 Å². The van der Waals surface area contributed by atoms with E-state index in [1.165, 1.54) is 0 Å². The normalized spacial score (nSPS) is 9.85. The van der Waals surface area contributed by atoms with Crippen LogP contribution < -0.4 is 10.1 Å². The summed E-state index contributed by atoms with van der Waals surface area (Å²) in [4.78, 5) is 0. The van der Waals surface area contributed by atoms with Gasteiger partial charge in [0, 0.05) is 10.7 Å². The van der Waals surface area contributed by atoms with Crippen molar-refractivity contribution in [3.63, 3.8) is 0 Å². The van der Waals surface area contributed by atoms with E-state index in [0.29, 0.717) is 17.2 Å². The van der Waals surface area contributed by atoms with Crippen molar-refractivity contribution < 1.29 is 4.74 Å². The molecule has 0 aliphatic carbocycles. The van der Waals surface area contributed by atoms with Crippen LogP contribution in [-0.4, -0.2) is 6.61 Å². The van der Waals surface area contributed by atoms with Gasteiger partial charge in [0.2, 0.25) is 0 Å². The Hall–Kier alpha value is -2.18. The second-order valence-electron chi connectivity index (χ2n) is 4.30. The van der Waals surface area contributed by atoms with Gasteiger partial charge in [0.1, 0.15) is 11.8 Å². The Balaban J connectivity index is 2.12. The van der Waals surface area contributed by atoms with Crippen LogP contribution in [0.25, 0.3) is 0 Å². The molecule has 0 bridgehead atoms. The van der Waals surface area contributed by atoms with E-state index in [0.717, 1.165) is 23.5 Å². The summed E-state index contributed by atoms with van der Waals surface area (Å²) in [5.41, 5.74) is 2.15. The maximum Gasteiger partial charge on any atom is 0.119 e. The van der Waals surface area contributed by atoms with Crippen LogP contribution in [0, 0.1) is 11.3 Å². The molecule has 4 heteroatoms. The van der Waals surface area contributed by atoms with Crippen molar-refractivity contribution >= 4 is 23.0 Å². The molecule has 0 spiro atoms. The molecule has 1 N–H and O–H groups in total. The van der Waals surface area contributed by atoms with E-state index in [1.54, 1.807) is 18.2 Å². The molecule has 0 amide bonds. The van der Waals surface area contributed by atoms with Gasteiger partial charge in [-0.1, -0.05) is 18.5 Å². The lowest BCUT2D eigenvalue weighted by Gasteiger charge is -2.10. The third-order valence-corrected chi connectivity index (χ3v) is 2.94.